The Morgan fingerprint density at radius 1 is 1.04 bits per heavy atom. The number of hydrogen-bond acceptors (Lipinski definition) is 3. The molecule has 3 nitrogen and oxygen atoms in total. The fourth-order valence-corrected chi connectivity index (χ4v) is 4.25. The largest absolute Gasteiger partial charge is 0.399 e. The number of unbranched alkanes of at least 4 members (excludes halogenated alkanes) is 6. The first-order chi connectivity index (χ1) is 12.1. The summed E-state index contributed by atoms with van der Waals surface area (Å²) in [4.78, 5) is 5.00. The minimum absolute atomic E-state index is 0. The van der Waals surface area contributed by atoms with Crippen molar-refractivity contribution in [3.63, 3.8) is 0 Å². The van der Waals surface area contributed by atoms with E-state index in [0.717, 1.165) is 17.6 Å². The van der Waals surface area contributed by atoms with E-state index in [1.54, 1.807) is 0 Å². The van der Waals surface area contributed by atoms with Gasteiger partial charge >= 0.3 is 0 Å². The van der Waals surface area contributed by atoms with Gasteiger partial charge in [-0.1, -0.05) is 51.9 Å². The Balaban J connectivity index is 0.00000338. The van der Waals surface area contributed by atoms with E-state index in [2.05, 4.69) is 43.0 Å². The van der Waals surface area contributed by atoms with Gasteiger partial charge in [-0.3, -0.25) is 0 Å². The van der Waals surface area contributed by atoms with E-state index in [9.17, 15) is 0 Å². The first-order valence-electron chi connectivity index (χ1n) is 10.4. The van der Waals surface area contributed by atoms with Crippen LogP contribution in [0.5, 0.6) is 0 Å². The van der Waals surface area contributed by atoms with Crippen LogP contribution >= 0.6 is 24.0 Å². The molecule has 1 heterocycles. The van der Waals surface area contributed by atoms with Crippen LogP contribution in [-0.4, -0.2) is 38.1 Å². The van der Waals surface area contributed by atoms with E-state index in [1.807, 2.05) is 12.1 Å². The van der Waals surface area contributed by atoms with Crippen molar-refractivity contribution >= 4 is 35.4 Å². The number of nitrogen functional groups attached to an aromatic ring is 1. The Morgan fingerprint density at radius 2 is 1.65 bits per heavy atom. The van der Waals surface area contributed by atoms with Crippen LogP contribution in [0.2, 0.25) is 0 Å². The van der Waals surface area contributed by atoms with Gasteiger partial charge in [0.15, 0.2) is 0 Å². The Kier molecular flexibility index (Phi) is 11.6. The highest BCUT2D eigenvalue weighted by Crippen LogP contribution is 2.30. The molecule has 1 aromatic carbocycles. The van der Waals surface area contributed by atoms with Gasteiger partial charge in [0.2, 0.25) is 0 Å². The van der Waals surface area contributed by atoms with E-state index in [0.29, 0.717) is 0 Å². The maximum atomic E-state index is 5.82. The summed E-state index contributed by atoms with van der Waals surface area (Å²) in [6, 6.07) is 9.08. The minimum Gasteiger partial charge on any atom is -0.399 e. The second-order valence-corrected chi connectivity index (χ2v) is 8.03. The third-order valence-electron chi connectivity index (χ3n) is 5.79. The second-order valence-electron chi connectivity index (χ2n) is 8.03. The fraction of sp³-hybridized carbons (Fsp3) is 0.727. The van der Waals surface area contributed by atoms with Crippen molar-refractivity contribution in [2.24, 2.45) is 5.92 Å². The maximum Gasteiger partial charge on any atom is 0.0367 e. The highest BCUT2D eigenvalue weighted by molar-refractivity contribution is 14.0. The molecule has 1 fully saturated rings. The van der Waals surface area contributed by atoms with Crippen molar-refractivity contribution < 1.29 is 0 Å². The summed E-state index contributed by atoms with van der Waals surface area (Å²) in [6.45, 7) is 4.65. The van der Waals surface area contributed by atoms with Crippen LogP contribution < -0.4 is 10.6 Å². The van der Waals surface area contributed by atoms with E-state index in [-0.39, 0.29) is 24.0 Å². The first kappa shape index (κ1) is 23.5. The molecule has 0 amide bonds. The number of anilines is 2. The lowest BCUT2D eigenvalue weighted by Crippen LogP contribution is -2.37. The highest BCUT2D eigenvalue weighted by Gasteiger charge is 2.30. The van der Waals surface area contributed by atoms with Gasteiger partial charge in [0.05, 0.1) is 0 Å². The van der Waals surface area contributed by atoms with E-state index in [4.69, 9.17) is 5.73 Å². The van der Waals surface area contributed by atoms with Crippen LogP contribution in [0, 0.1) is 5.92 Å². The molecule has 1 aromatic rings. The summed E-state index contributed by atoms with van der Waals surface area (Å²) < 4.78 is 0. The predicted molar refractivity (Wildman–Crippen MR) is 127 cm³/mol. The number of benzene rings is 1. The van der Waals surface area contributed by atoms with Gasteiger partial charge < -0.3 is 15.5 Å². The molecule has 0 spiro atoms. The minimum atomic E-state index is 0. The van der Waals surface area contributed by atoms with Crippen molar-refractivity contribution in [3.8, 4) is 0 Å². The third kappa shape index (κ3) is 7.63. The lowest BCUT2D eigenvalue weighted by Gasteiger charge is -2.30. The molecule has 2 rings (SSSR count). The van der Waals surface area contributed by atoms with Crippen LogP contribution in [0.3, 0.4) is 0 Å². The fourth-order valence-electron chi connectivity index (χ4n) is 4.25. The first-order valence-corrected chi connectivity index (χ1v) is 10.4. The van der Waals surface area contributed by atoms with E-state index >= 15 is 0 Å². The zero-order valence-electron chi connectivity index (χ0n) is 17.1. The van der Waals surface area contributed by atoms with E-state index < -0.39 is 0 Å². The molecule has 1 aliphatic heterocycles. The molecule has 1 saturated heterocycles. The van der Waals surface area contributed by atoms with Gasteiger partial charge in [-0.2, -0.15) is 0 Å². The average molecular weight is 473 g/mol. The van der Waals surface area contributed by atoms with Gasteiger partial charge in [0, 0.05) is 30.5 Å². The van der Waals surface area contributed by atoms with Crippen molar-refractivity contribution in [2.75, 3.05) is 37.8 Å². The molecule has 2 N–H and O–H groups in total. The second kappa shape index (κ2) is 12.8. The monoisotopic (exact) mass is 473 g/mol. The molecule has 2 atom stereocenters. The predicted octanol–water partition coefficient (Wildman–Crippen LogP) is 5.78. The lowest BCUT2D eigenvalue weighted by molar-refractivity contribution is 0.203. The molecular weight excluding hydrogens is 433 g/mol. The molecule has 0 bridgehead atoms. The normalized spacial score (nSPS) is 18.2. The Hall–Kier alpha value is -0.490. The number of nitrogens with zero attached hydrogens (tertiary/aromatic N) is 2. The summed E-state index contributed by atoms with van der Waals surface area (Å²) in [5, 5.41) is 0. The van der Waals surface area contributed by atoms with Gasteiger partial charge in [-0.05, 0) is 57.1 Å². The number of hydrogen-bond donors (Lipinski definition) is 1. The SMILES string of the molecule is CCCCCCCCCC(C1CCN(c2ccc(N)cc2)C1)N(C)C.I. The molecule has 0 radical (unpaired) electrons. The summed E-state index contributed by atoms with van der Waals surface area (Å²) in [5.41, 5.74) is 8.00. The smallest absolute Gasteiger partial charge is 0.0367 e. The summed E-state index contributed by atoms with van der Waals surface area (Å²) in [5.74, 6) is 0.785. The third-order valence-corrected chi connectivity index (χ3v) is 5.79. The number of rotatable bonds is 11. The van der Waals surface area contributed by atoms with Crippen LogP contribution in [0.25, 0.3) is 0 Å². The molecular formula is C22H40IN3. The Labute approximate surface area is 178 Å². The number of halogens is 1. The zero-order chi connectivity index (χ0) is 18.1. The van der Waals surface area contributed by atoms with Gasteiger partial charge in [-0.15, -0.1) is 24.0 Å². The number of nitrogens with two attached hydrogens (primary N) is 1. The van der Waals surface area contributed by atoms with Gasteiger partial charge in [-0.25, -0.2) is 0 Å². The molecule has 150 valence electrons. The molecule has 0 saturated carbocycles. The van der Waals surface area contributed by atoms with Crippen LogP contribution in [0.1, 0.15) is 64.7 Å². The Morgan fingerprint density at radius 3 is 2.27 bits per heavy atom. The van der Waals surface area contributed by atoms with E-state index in [1.165, 1.54) is 76.6 Å². The maximum absolute atomic E-state index is 5.82. The van der Waals surface area contributed by atoms with Crippen LogP contribution in [0.4, 0.5) is 11.4 Å². The van der Waals surface area contributed by atoms with Crippen LogP contribution in [-0.2, 0) is 0 Å². The summed E-state index contributed by atoms with van der Waals surface area (Å²) >= 11 is 0. The molecule has 4 heteroatoms. The zero-order valence-corrected chi connectivity index (χ0v) is 19.5. The molecule has 26 heavy (non-hydrogen) atoms. The molecule has 0 aromatic heterocycles. The quantitative estimate of drug-likeness (QED) is 0.251. The van der Waals surface area contributed by atoms with Gasteiger partial charge in [0.25, 0.3) is 0 Å². The molecule has 1 aliphatic rings. The van der Waals surface area contributed by atoms with Crippen molar-refractivity contribution in [3.05, 3.63) is 24.3 Å². The highest BCUT2D eigenvalue weighted by atomic mass is 127. The standard InChI is InChI=1S/C22H39N3.HI/c1-4-5-6-7-8-9-10-11-22(24(2)3)19-16-17-25(18-19)21-14-12-20(23)13-15-21;/h12-15,19,22H,4-11,16-18,23H2,1-3H3;1H. The summed E-state index contributed by atoms with van der Waals surface area (Å²) in [6.07, 6.45) is 12.5. The molecule has 2 unspecified atom stereocenters. The average Bonchev–Trinajstić information content (AvgIpc) is 3.07. The van der Waals surface area contributed by atoms with Crippen molar-refractivity contribution in [1.29, 1.82) is 0 Å². The summed E-state index contributed by atoms with van der Waals surface area (Å²) in [7, 11) is 4.52. The van der Waals surface area contributed by atoms with Crippen molar-refractivity contribution in [2.45, 2.75) is 70.8 Å². The Bertz CT molecular complexity index is 475. The molecule has 0 aliphatic carbocycles. The van der Waals surface area contributed by atoms with Crippen molar-refractivity contribution in [1.82, 2.24) is 4.90 Å². The van der Waals surface area contributed by atoms with Crippen LogP contribution in [0.15, 0.2) is 24.3 Å². The topological polar surface area (TPSA) is 32.5 Å². The lowest BCUT2D eigenvalue weighted by atomic mass is 9.92. The van der Waals surface area contributed by atoms with Gasteiger partial charge in [0.1, 0.15) is 0 Å².